The van der Waals surface area contributed by atoms with Crippen LogP contribution < -0.4 is 5.32 Å². The van der Waals surface area contributed by atoms with Crippen LogP contribution in [0.5, 0.6) is 0 Å². The maximum atomic E-state index is 13.7. The zero-order valence-corrected chi connectivity index (χ0v) is 9.82. The van der Waals surface area contributed by atoms with E-state index in [0.717, 1.165) is 11.3 Å². The molecule has 1 aliphatic carbocycles. The molecule has 0 amide bonds. The van der Waals surface area contributed by atoms with Gasteiger partial charge in [0, 0.05) is 23.6 Å². The van der Waals surface area contributed by atoms with E-state index in [1.807, 2.05) is 13.8 Å². The Morgan fingerprint density at radius 1 is 1.31 bits per heavy atom. The van der Waals surface area contributed by atoms with Crippen molar-refractivity contribution in [2.24, 2.45) is 16.3 Å². The Morgan fingerprint density at radius 3 is 2.31 bits per heavy atom. The quantitative estimate of drug-likeness (QED) is 0.722. The Labute approximate surface area is 94.8 Å². The van der Waals surface area contributed by atoms with E-state index in [0.29, 0.717) is 19.4 Å². The molecule has 2 aliphatic rings. The molecule has 0 radical (unpaired) electrons. The first-order chi connectivity index (χ1) is 7.42. The first-order valence-corrected chi connectivity index (χ1v) is 5.64. The molecule has 1 saturated heterocycles. The number of aliphatic imine (C=N–C) groups is 1. The predicted octanol–water partition coefficient (Wildman–Crippen LogP) is 2.62. The van der Waals surface area contributed by atoms with Crippen molar-refractivity contribution in [1.82, 2.24) is 5.32 Å². The topological polar surface area (TPSA) is 24.4 Å². The summed E-state index contributed by atoms with van der Waals surface area (Å²) in [4.78, 5) is 3.98. The van der Waals surface area contributed by atoms with Crippen molar-refractivity contribution in [2.45, 2.75) is 32.6 Å². The predicted molar refractivity (Wildman–Crippen MR) is 60.9 cm³/mol. The molecule has 4 heteroatoms. The summed E-state index contributed by atoms with van der Waals surface area (Å²) >= 11 is 0. The van der Waals surface area contributed by atoms with Crippen molar-refractivity contribution in [1.29, 1.82) is 0 Å². The molecule has 0 aromatic rings. The average molecular weight is 228 g/mol. The lowest BCUT2D eigenvalue weighted by Gasteiger charge is -2.48. The highest BCUT2D eigenvalue weighted by Gasteiger charge is 2.63. The summed E-state index contributed by atoms with van der Waals surface area (Å²) in [6.45, 7) is 7.70. The lowest BCUT2D eigenvalue weighted by atomic mass is 9.58. The van der Waals surface area contributed by atoms with Gasteiger partial charge in [0.2, 0.25) is 0 Å². The highest BCUT2D eigenvalue weighted by atomic mass is 19.3. The van der Waals surface area contributed by atoms with E-state index in [1.54, 1.807) is 0 Å². The molecule has 0 aromatic heterocycles. The van der Waals surface area contributed by atoms with Gasteiger partial charge in [-0.25, -0.2) is 8.78 Å². The van der Waals surface area contributed by atoms with Crippen molar-refractivity contribution in [3.8, 4) is 0 Å². The highest BCUT2D eigenvalue weighted by Crippen LogP contribution is 2.59. The molecular weight excluding hydrogens is 210 g/mol. The van der Waals surface area contributed by atoms with Gasteiger partial charge in [-0.1, -0.05) is 5.57 Å². The van der Waals surface area contributed by atoms with Crippen LogP contribution in [0.3, 0.4) is 0 Å². The van der Waals surface area contributed by atoms with Crippen LogP contribution in [0.15, 0.2) is 16.3 Å². The fourth-order valence-corrected chi connectivity index (χ4v) is 2.99. The molecule has 16 heavy (non-hydrogen) atoms. The van der Waals surface area contributed by atoms with E-state index in [1.165, 1.54) is 0 Å². The number of allylic oxidation sites excluding steroid dienone is 2. The van der Waals surface area contributed by atoms with Gasteiger partial charge in [0.05, 0.1) is 6.54 Å². The summed E-state index contributed by atoms with van der Waals surface area (Å²) in [6.07, 6.45) is 1.07. The lowest BCUT2D eigenvalue weighted by molar-refractivity contribution is -0.138. The van der Waals surface area contributed by atoms with Gasteiger partial charge in [-0.3, -0.25) is 4.99 Å². The van der Waals surface area contributed by atoms with Crippen LogP contribution >= 0.6 is 0 Å². The number of hydrogen-bond acceptors (Lipinski definition) is 2. The van der Waals surface area contributed by atoms with Gasteiger partial charge in [0.15, 0.2) is 0 Å². The minimum Gasteiger partial charge on any atom is -0.310 e. The minimum atomic E-state index is -2.56. The van der Waals surface area contributed by atoms with Gasteiger partial charge in [0.25, 0.3) is 5.92 Å². The molecule has 2 fully saturated rings. The third kappa shape index (κ3) is 1.51. The lowest BCUT2D eigenvalue weighted by Crippen LogP contribution is -2.50. The summed E-state index contributed by atoms with van der Waals surface area (Å²) in [5, 5.41) is 2.80. The standard InChI is InChI=1S/C12H18F2N2/c1-8(2)10(15-3)9-4-11(5-9)6-16-7-12(11,13)14/h9,16H,3-7H2,1-2H3. The second-order valence-corrected chi connectivity index (χ2v) is 5.24. The van der Waals surface area contributed by atoms with Crippen molar-refractivity contribution >= 4 is 6.72 Å². The van der Waals surface area contributed by atoms with Crippen LogP contribution in [0.25, 0.3) is 0 Å². The molecule has 90 valence electrons. The second kappa shape index (κ2) is 3.62. The van der Waals surface area contributed by atoms with Crippen molar-refractivity contribution in [3.63, 3.8) is 0 Å². The molecular formula is C12H18F2N2. The molecule has 1 spiro atoms. The van der Waals surface area contributed by atoms with E-state index in [2.05, 4.69) is 17.0 Å². The summed E-state index contributed by atoms with van der Waals surface area (Å²) < 4.78 is 27.3. The molecule has 1 heterocycles. The summed E-state index contributed by atoms with van der Waals surface area (Å²) in [6, 6.07) is 0. The van der Waals surface area contributed by atoms with Gasteiger partial charge in [-0.15, -0.1) is 0 Å². The number of nitrogens with zero attached hydrogens (tertiary/aromatic N) is 1. The molecule has 0 bridgehead atoms. The summed E-state index contributed by atoms with van der Waals surface area (Å²) in [5.74, 6) is -2.38. The highest BCUT2D eigenvalue weighted by molar-refractivity contribution is 5.33. The minimum absolute atomic E-state index is 0.174. The zero-order valence-electron chi connectivity index (χ0n) is 9.82. The smallest absolute Gasteiger partial charge is 0.267 e. The van der Waals surface area contributed by atoms with E-state index >= 15 is 0 Å². The molecule has 0 aromatic carbocycles. The largest absolute Gasteiger partial charge is 0.310 e. The Bertz CT molecular complexity index is 337. The molecule has 1 saturated carbocycles. The molecule has 0 atom stereocenters. The molecule has 0 unspecified atom stereocenters. The number of halogens is 2. The van der Waals surface area contributed by atoms with Crippen LogP contribution in [-0.2, 0) is 0 Å². The van der Waals surface area contributed by atoms with Crippen molar-refractivity contribution in [3.05, 3.63) is 11.3 Å². The van der Waals surface area contributed by atoms with E-state index in [-0.39, 0.29) is 12.5 Å². The summed E-state index contributed by atoms with van der Waals surface area (Å²) in [5.41, 5.74) is 1.18. The number of rotatable bonds is 2. The van der Waals surface area contributed by atoms with E-state index < -0.39 is 11.3 Å². The first kappa shape index (κ1) is 11.7. The average Bonchev–Trinajstić information content (AvgIpc) is 2.41. The van der Waals surface area contributed by atoms with Gasteiger partial charge in [0.1, 0.15) is 0 Å². The van der Waals surface area contributed by atoms with Crippen molar-refractivity contribution in [2.75, 3.05) is 13.1 Å². The zero-order chi connectivity index (χ0) is 12.0. The SMILES string of the molecule is C=NC(=C(C)C)C1CC2(CNCC2(F)F)C1. The van der Waals surface area contributed by atoms with Gasteiger partial charge in [-0.05, 0) is 33.4 Å². The molecule has 1 N–H and O–H groups in total. The molecule has 2 rings (SSSR count). The Morgan fingerprint density at radius 2 is 1.94 bits per heavy atom. The fourth-order valence-electron chi connectivity index (χ4n) is 2.99. The van der Waals surface area contributed by atoms with Crippen LogP contribution in [0.1, 0.15) is 26.7 Å². The third-order valence-corrected chi connectivity index (χ3v) is 3.93. The van der Waals surface area contributed by atoms with Gasteiger partial charge < -0.3 is 5.32 Å². The monoisotopic (exact) mass is 228 g/mol. The first-order valence-electron chi connectivity index (χ1n) is 5.64. The fraction of sp³-hybridized carbons (Fsp3) is 0.750. The van der Waals surface area contributed by atoms with Gasteiger partial charge in [-0.2, -0.15) is 0 Å². The maximum Gasteiger partial charge on any atom is 0.267 e. The Hall–Kier alpha value is -0.770. The number of nitrogens with one attached hydrogen (secondary N) is 1. The van der Waals surface area contributed by atoms with Crippen LogP contribution in [0.4, 0.5) is 8.78 Å². The second-order valence-electron chi connectivity index (χ2n) is 5.24. The third-order valence-electron chi connectivity index (χ3n) is 3.93. The normalized spacial score (nSPS) is 35.9. The Kier molecular flexibility index (Phi) is 2.65. The van der Waals surface area contributed by atoms with E-state index in [4.69, 9.17) is 0 Å². The number of hydrogen-bond donors (Lipinski definition) is 1. The Balaban J connectivity index is 2.10. The van der Waals surface area contributed by atoms with Crippen LogP contribution in [-0.4, -0.2) is 25.7 Å². The number of alkyl halides is 2. The maximum absolute atomic E-state index is 13.7. The molecule has 1 aliphatic heterocycles. The van der Waals surface area contributed by atoms with Crippen molar-refractivity contribution < 1.29 is 8.78 Å². The van der Waals surface area contributed by atoms with Crippen LogP contribution in [0.2, 0.25) is 0 Å². The summed E-state index contributed by atoms with van der Waals surface area (Å²) in [7, 11) is 0. The molecule has 2 nitrogen and oxygen atoms in total. The van der Waals surface area contributed by atoms with Crippen LogP contribution in [0, 0.1) is 11.3 Å². The van der Waals surface area contributed by atoms with Gasteiger partial charge >= 0.3 is 0 Å². The van der Waals surface area contributed by atoms with E-state index in [9.17, 15) is 8.78 Å².